The highest BCUT2D eigenvalue weighted by molar-refractivity contribution is 7.99. The van der Waals surface area contributed by atoms with Crippen molar-refractivity contribution >= 4 is 35.0 Å². The summed E-state index contributed by atoms with van der Waals surface area (Å²) in [5.41, 5.74) is 1.41. The van der Waals surface area contributed by atoms with E-state index in [0.717, 1.165) is 0 Å². The number of hydrogen-bond donors (Lipinski definition) is 2. The predicted molar refractivity (Wildman–Crippen MR) is 90.1 cm³/mol. The largest absolute Gasteiger partial charge is 0.387 e. The van der Waals surface area contributed by atoms with E-state index in [-0.39, 0.29) is 0 Å². The summed E-state index contributed by atoms with van der Waals surface area (Å²) in [6, 6.07) is 14.4. The molecule has 5 heteroatoms. The third-order valence-corrected chi connectivity index (χ3v) is 4.87. The first-order valence-electron chi connectivity index (χ1n) is 6.52. The minimum Gasteiger partial charge on any atom is -0.387 e. The van der Waals surface area contributed by atoms with Crippen LogP contribution in [-0.2, 0) is 0 Å². The van der Waals surface area contributed by atoms with Crippen molar-refractivity contribution in [2.24, 2.45) is 0 Å². The fraction of sp³-hybridized carbons (Fsp3) is 0.250. The average molecular weight is 343 g/mol. The number of halogens is 2. The lowest BCUT2D eigenvalue weighted by molar-refractivity contribution is 0.199. The Morgan fingerprint density at radius 3 is 1.52 bits per heavy atom. The van der Waals surface area contributed by atoms with Crippen molar-refractivity contribution < 1.29 is 10.2 Å². The van der Waals surface area contributed by atoms with Gasteiger partial charge >= 0.3 is 0 Å². The van der Waals surface area contributed by atoms with Gasteiger partial charge in [0.15, 0.2) is 0 Å². The maximum Gasteiger partial charge on any atom is 0.0894 e. The molecule has 0 fully saturated rings. The van der Waals surface area contributed by atoms with Gasteiger partial charge in [-0.25, -0.2) is 0 Å². The lowest BCUT2D eigenvalue weighted by atomic mass is 10.1. The topological polar surface area (TPSA) is 40.5 Å². The van der Waals surface area contributed by atoms with Crippen LogP contribution in [0.25, 0.3) is 0 Å². The molecule has 0 radical (unpaired) electrons. The van der Waals surface area contributed by atoms with Crippen LogP contribution in [0.4, 0.5) is 0 Å². The molecule has 21 heavy (non-hydrogen) atoms. The molecule has 0 saturated heterocycles. The maximum absolute atomic E-state index is 10.1. The monoisotopic (exact) mass is 342 g/mol. The van der Waals surface area contributed by atoms with Crippen molar-refractivity contribution in [2.45, 2.75) is 12.2 Å². The van der Waals surface area contributed by atoms with Crippen LogP contribution in [-0.4, -0.2) is 21.7 Å². The Bertz CT molecular complexity index is 540. The van der Waals surface area contributed by atoms with Crippen LogP contribution in [0.3, 0.4) is 0 Å². The number of rotatable bonds is 6. The molecule has 0 aliphatic heterocycles. The van der Waals surface area contributed by atoms with Gasteiger partial charge in [0.1, 0.15) is 0 Å². The normalized spacial score (nSPS) is 13.9. The molecule has 2 unspecified atom stereocenters. The van der Waals surface area contributed by atoms with E-state index in [1.54, 1.807) is 24.3 Å². The van der Waals surface area contributed by atoms with Crippen molar-refractivity contribution in [2.75, 3.05) is 11.5 Å². The summed E-state index contributed by atoms with van der Waals surface area (Å²) in [7, 11) is 0. The summed E-state index contributed by atoms with van der Waals surface area (Å²) in [6.45, 7) is 0. The summed E-state index contributed by atoms with van der Waals surface area (Å²) in [4.78, 5) is 0. The Morgan fingerprint density at radius 2 is 1.14 bits per heavy atom. The van der Waals surface area contributed by atoms with E-state index in [9.17, 15) is 10.2 Å². The van der Waals surface area contributed by atoms with Gasteiger partial charge < -0.3 is 10.2 Å². The number of benzene rings is 2. The van der Waals surface area contributed by atoms with E-state index in [1.165, 1.54) is 11.8 Å². The second-order valence-electron chi connectivity index (χ2n) is 4.61. The average Bonchev–Trinajstić information content (AvgIpc) is 2.48. The Hall–Kier alpha value is -0.710. The van der Waals surface area contributed by atoms with Crippen LogP contribution < -0.4 is 0 Å². The molecule has 2 atom stereocenters. The molecular formula is C16H16Cl2O2S. The van der Waals surface area contributed by atoms with Crippen LogP contribution in [0.5, 0.6) is 0 Å². The number of thioether (sulfide) groups is 1. The SMILES string of the molecule is OC(CSCC(O)c1ccccc1Cl)c1ccccc1Cl. The zero-order valence-electron chi connectivity index (χ0n) is 11.2. The van der Waals surface area contributed by atoms with Crippen molar-refractivity contribution in [3.8, 4) is 0 Å². The van der Waals surface area contributed by atoms with Gasteiger partial charge in [0.2, 0.25) is 0 Å². The van der Waals surface area contributed by atoms with Gasteiger partial charge in [0, 0.05) is 21.6 Å². The Morgan fingerprint density at radius 1 is 0.762 bits per heavy atom. The van der Waals surface area contributed by atoms with E-state index in [4.69, 9.17) is 23.2 Å². The van der Waals surface area contributed by atoms with Crippen LogP contribution >= 0.6 is 35.0 Å². The zero-order chi connectivity index (χ0) is 15.2. The predicted octanol–water partition coefficient (Wildman–Crippen LogP) is 4.49. The van der Waals surface area contributed by atoms with Crippen LogP contribution in [0.2, 0.25) is 10.0 Å². The Balaban J connectivity index is 1.87. The van der Waals surface area contributed by atoms with Gasteiger partial charge in [0.25, 0.3) is 0 Å². The van der Waals surface area contributed by atoms with Crippen LogP contribution in [0.15, 0.2) is 48.5 Å². The molecule has 0 heterocycles. The molecule has 0 spiro atoms. The fourth-order valence-electron chi connectivity index (χ4n) is 1.96. The van der Waals surface area contributed by atoms with Gasteiger partial charge in [0.05, 0.1) is 12.2 Å². The quantitative estimate of drug-likeness (QED) is 0.812. The van der Waals surface area contributed by atoms with E-state index < -0.39 is 12.2 Å². The van der Waals surface area contributed by atoms with E-state index in [0.29, 0.717) is 32.7 Å². The molecule has 2 nitrogen and oxygen atoms in total. The first kappa shape index (κ1) is 16.7. The van der Waals surface area contributed by atoms with Crippen molar-refractivity contribution in [3.05, 3.63) is 69.7 Å². The van der Waals surface area contributed by atoms with Gasteiger partial charge in [-0.1, -0.05) is 59.6 Å². The molecule has 2 N–H and O–H groups in total. The maximum atomic E-state index is 10.1. The summed E-state index contributed by atoms with van der Waals surface area (Å²) < 4.78 is 0. The second kappa shape index (κ2) is 8.06. The number of hydrogen-bond acceptors (Lipinski definition) is 3. The minimum atomic E-state index is -0.651. The fourth-order valence-corrected chi connectivity index (χ4v) is 3.43. The van der Waals surface area contributed by atoms with Gasteiger partial charge in [-0.2, -0.15) is 11.8 Å². The second-order valence-corrected chi connectivity index (χ2v) is 6.50. The highest BCUT2D eigenvalue weighted by atomic mass is 35.5. The molecule has 0 bridgehead atoms. The summed E-state index contributed by atoms with van der Waals surface area (Å²) >= 11 is 13.5. The first-order valence-corrected chi connectivity index (χ1v) is 8.43. The molecule has 0 aliphatic carbocycles. The Kier molecular flexibility index (Phi) is 6.40. The molecule has 2 rings (SSSR count). The van der Waals surface area contributed by atoms with Crippen LogP contribution in [0, 0.1) is 0 Å². The summed E-state index contributed by atoms with van der Waals surface area (Å²) in [5, 5.41) is 21.4. The van der Waals surface area contributed by atoms with E-state index in [2.05, 4.69) is 0 Å². The number of aliphatic hydroxyl groups excluding tert-OH is 2. The van der Waals surface area contributed by atoms with Gasteiger partial charge in [-0.05, 0) is 23.3 Å². The molecule has 112 valence electrons. The van der Waals surface area contributed by atoms with Crippen molar-refractivity contribution in [1.29, 1.82) is 0 Å². The summed E-state index contributed by atoms with van der Waals surface area (Å²) in [6.07, 6.45) is -1.30. The smallest absolute Gasteiger partial charge is 0.0894 e. The molecule has 0 aliphatic rings. The zero-order valence-corrected chi connectivity index (χ0v) is 13.6. The molecular weight excluding hydrogens is 327 g/mol. The standard InChI is InChI=1S/C16H16Cl2O2S/c17-13-7-3-1-5-11(13)15(19)9-21-10-16(20)12-6-2-4-8-14(12)18/h1-8,15-16,19-20H,9-10H2. The third kappa shape index (κ3) is 4.63. The lowest BCUT2D eigenvalue weighted by Gasteiger charge is -2.15. The minimum absolute atomic E-state index is 0.464. The van der Waals surface area contributed by atoms with Crippen molar-refractivity contribution in [1.82, 2.24) is 0 Å². The Labute approximate surface area is 138 Å². The van der Waals surface area contributed by atoms with Crippen molar-refractivity contribution in [3.63, 3.8) is 0 Å². The third-order valence-electron chi connectivity index (χ3n) is 3.08. The van der Waals surface area contributed by atoms with E-state index in [1.807, 2.05) is 24.3 Å². The van der Waals surface area contributed by atoms with E-state index >= 15 is 0 Å². The van der Waals surface area contributed by atoms with Gasteiger partial charge in [-0.3, -0.25) is 0 Å². The molecule has 0 saturated carbocycles. The summed E-state index contributed by atoms with van der Waals surface area (Å²) in [5.74, 6) is 0.927. The first-order chi connectivity index (χ1) is 10.1. The number of aliphatic hydroxyl groups is 2. The van der Waals surface area contributed by atoms with Gasteiger partial charge in [-0.15, -0.1) is 0 Å². The van der Waals surface area contributed by atoms with Crippen LogP contribution in [0.1, 0.15) is 23.3 Å². The molecule has 2 aromatic carbocycles. The lowest BCUT2D eigenvalue weighted by Crippen LogP contribution is -2.06. The molecule has 2 aromatic rings. The highest BCUT2D eigenvalue weighted by Gasteiger charge is 2.14. The highest BCUT2D eigenvalue weighted by Crippen LogP contribution is 2.29. The molecule has 0 aromatic heterocycles. The molecule has 0 amide bonds.